The van der Waals surface area contributed by atoms with E-state index in [2.05, 4.69) is 47.7 Å². The summed E-state index contributed by atoms with van der Waals surface area (Å²) in [6.07, 6.45) is 1.03. The summed E-state index contributed by atoms with van der Waals surface area (Å²) >= 11 is 2.30. The van der Waals surface area contributed by atoms with Gasteiger partial charge in [0.05, 0.1) is 3.57 Å². The average molecular weight is 324 g/mol. The topological polar surface area (TPSA) is 9.23 Å². The molecule has 0 fully saturated rings. The fraction of sp³-hybridized carbons (Fsp3) is 0.143. The first kappa shape index (κ1) is 11.5. The Kier molecular flexibility index (Phi) is 3.83. The van der Waals surface area contributed by atoms with Crippen molar-refractivity contribution in [3.63, 3.8) is 0 Å². The Bertz CT molecular complexity index is 465. The highest BCUT2D eigenvalue weighted by Crippen LogP contribution is 2.27. The SMILES string of the molecule is CCc1ccc(I)c(Oc2ccccc2)c1. The van der Waals surface area contributed by atoms with Crippen LogP contribution in [0, 0.1) is 3.57 Å². The van der Waals surface area contributed by atoms with Crippen LogP contribution in [0.4, 0.5) is 0 Å². The van der Waals surface area contributed by atoms with Gasteiger partial charge in [0.25, 0.3) is 0 Å². The molecule has 2 aromatic rings. The van der Waals surface area contributed by atoms with Crippen molar-refractivity contribution in [2.75, 3.05) is 0 Å². The summed E-state index contributed by atoms with van der Waals surface area (Å²) in [5, 5.41) is 0. The zero-order chi connectivity index (χ0) is 11.4. The van der Waals surface area contributed by atoms with Crippen LogP contribution < -0.4 is 4.74 Å². The molecular formula is C14H13IO. The van der Waals surface area contributed by atoms with Crippen LogP contribution in [0.2, 0.25) is 0 Å². The van der Waals surface area contributed by atoms with Gasteiger partial charge in [0.1, 0.15) is 11.5 Å². The first-order valence-electron chi connectivity index (χ1n) is 5.31. The predicted octanol–water partition coefficient (Wildman–Crippen LogP) is 4.65. The molecule has 0 amide bonds. The van der Waals surface area contributed by atoms with Gasteiger partial charge in [-0.2, -0.15) is 0 Å². The van der Waals surface area contributed by atoms with Crippen LogP contribution in [0.1, 0.15) is 12.5 Å². The van der Waals surface area contributed by atoms with Gasteiger partial charge in [-0.15, -0.1) is 0 Å². The zero-order valence-electron chi connectivity index (χ0n) is 9.11. The molecule has 0 aliphatic rings. The first-order valence-corrected chi connectivity index (χ1v) is 6.39. The van der Waals surface area contributed by atoms with Crippen LogP contribution in [0.3, 0.4) is 0 Å². The number of halogens is 1. The van der Waals surface area contributed by atoms with Gasteiger partial charge in [0.2, 0.25) is 0 Å². The molecule has 2 heteroatoms. The summed E-state index contributed by atoms with van der Waals surface area (Å²) in [5.74, 6) is 1.82. The molecule has 0 saturated carbocycles. The Labute approximate surface area is 110 Å². The summed E-state index contributed by atoms with van der Waals surface area (Å²) in [6.45, 7) is 2.15. The lowest BCUT2D eigenvalue weighted by molar-refractivity contribution is 0.478. The Morgan fingerprint density at radius 3 is 2.50 bits per heavy atom. The Morgan fingerprint density at radius 1 is 1.06 bits per heavy atom. The zero-order valence-corrected chi connectivity index (χ0v) is 11.3. The maximum absolute atomic E-state index is 5.84. The number of aryl methyl sites for hydroxylation is 1. The van der Waals surface area contributed by atoms with Gasteiger partial charge in [-0.25, -0.2) is 0 Å². The highest BCUT2D eigenvalue weighted by Gasteiger charge is 2.03. The molecule has 0 aromatic heterocycles. The molecule has 0 N–H and O–H groups in total. The third-order valence-electron chi connectivity index (χ3n) is 2.37. The van der Waals surface area contributed by atoms with E-state index in [-0.39, 0.29) is 0 Å². The van der Waals surface area contributed by atoms with E-state index in [1.165, 1.54) is 5.56 Å². The van der Waals surface area contributed by atoms with Gasteiger partial charge in [0, 0.05) is 0 Å². The van der Waals surface area contributed by atoms with Gasteiger partial charge in [-0.3, -0.25) is 0 Å². The van der Waals surface area contributed by atoms with Crippen molar-refractivity contribution in [3.05, 3.63) is 57.7 Å². The van der Waals surface area contributed by atoms with Crippen LogP contribution in [0.15, 0.2) is 48.5 Å². The van der Waals surface area contributed by atoms with Crippen molar-refractivity contribution in [2.24, 2.45) is 0 Å². The van der Waals surface area contributed by atoms with Crippen molar-refractivity contribution in [3.8, 4) is 11.5 Å². The number of para-hydroxylation sites is 1. The van der Waals surface area contributed by atoms with E-state index >= 15 is 0 Å². The molecular weight excluding hydrogens is 311 g/mol. The van der Waals surface area contributed by atoms with Gasteiger partial charge < -0.3 is 4.74 Å². The number of hydrogen-bond donors (Lipinski definition) is 0. The molecule has 1 nitrogen and oxygen atoms in total. The van der Waals surface area contributed by atoms with E-state index in [9.17, 15) is 0 Å². The third kappa shape index (κ3) is 2.76. The standard InChI is InChI=1S/C14H13IO/c1-2-11-8-9-13(15)14(10-11)16-12-6-4-3-5-7-12/h3-10H,2H2,1H3. The molecule has 0 aliphatic carbocycles. The number of rotatable bonds is 3. The number of ether oxygens (including phenoxy) is 1. The highest BCUT2D eigenvalue weighted by atomic mass is 127. The first-order chi connectivity index (χ1) is 7.79. The maximum atomic E-state index is 5.84. The second-order valence-corrected chi connectivity index (χ2v) is 4.70. The lowest BCUT2D eigenvalue weighted by atomic mass is 10.2. The molecule has 0 unspecified atom stereocenters. The number of hydrogen-bond acceptors (Lipinski definition) is 1. The molecule has 0 bridgehead atoms. The number of benzene rings is 2. The van der Waals surface area contributed by atoms with E-state index < -0.39 is 0 Å². The molecule has 16 heavy (non-hydrogen) atoms. The molecule has 0 spiro atoms. The van der Waals surface area contributed by atoms with Gasteiger partial charge in [-0.05, 0) is 58.8 Å². The minimum Gasteiger partial charge on any atom is -0.456 e. The molecule has 2 rings (SSSR count). The van der Waals surface area contributed by atoms with E-state index in [0.717, 1.165) is 21.5 Å². The molecule has 2 aromatic carbocycles. The molecule has 0 radical (unpaired) electrons. The fourth-order valence-electron chi connectivity index (χ4n) is 1.46. The minimum atomic E-state index is 0.883. The molecule has 0 aliphatic heterocycles. The second kappa shape index (κ2) is 5.34. The summed E-state index contributed by atoms with van der Waals surface area (Å²) in [7, 11) is 0. The lowest BCUT2D eigenvalue weighted by Gasteiger charge is -2.09. The van der Waals surface area contributed by atoms with Gasteiger partial charge in [-0.1, -0.05) is 31.2 Å². The average Bonchev–Trinajstić information content (AvgIpc) is 2.33. The Morgan fingerprint density at radius 2 is 1.81 bits per heavy atom. The monoisotopic (exact) mass is 324 g/mol. The van der Waals surface area contributed by atoms with Crippen LogP contribution in [-0.2, 0) is 6.42 Å². The third-order valence-corrected chi connectivity index (χ3v) is 3.27. The van der Waals surface area contributed by atoms with Crippen LogP contribution in [0.25, 0.3) is 0 Å². The van der Waals surface area contributed by atoms with Crippen molar-refractivity contribution in [1.29, 1.82) is 0 Å². The van der Waals surface area contributed by atoms with Crippen LogP contribution in [-0.4, -0.2) is 0 Å². The largest absolute Gasteiger partial charge is 0.456 e. The van der Waals surface area contributed by atoms with Crippen molar-refractivity contribution < 1.29 is 4.74 Å². The highest BCUT2D eigenvalue weighted by molar-refractivity contribution is 14.1. The summed E-state index contributed by atoms with van der Waals surface area (Å²) in [4.78, 5) is 0. The van der Waals surface area contributed by atoms with Crippen molar-refractivity contribution in [2.45, 2.75) is 13.3 Å². The van der Waals surface area contributed by atoms with E-state index in [0.29, 0.717) is 0 Å². The quantitative estimate of drug-likeness (QED) is 0.747. The van der Waals surface area contributed by atoms with E-state index in [1.54, 1.807) is 0 Å². The summed E-state index contributed by atoms with van der Waals surface area (Å²) < 4.78 is 6.98. The normalized spacial score (nSPS) is 10.1. The van der Waals surface area contributed by atoms with Crippen LogP contribution in [0.5, 0.6) is 11.5 Å². The van der Waals surface area contributed by atoms with Crippen LogP contribution >= 0.6 is 22.6 Å². The fourth-order valence-corrected chi connectivity index (χ4v) is 1.91. The summed E-state index contributed by atoms with van der Waals surface area (Å²) in [5.41, 5.74) is 1.30. The van der Waals surface area contributed by atoms with Gasteiger partial charge in [0.15, 0.2) is 0 Å². The van der Waals surface area contributed by atoms with E-state index in [1.807, 2.05) is 30.3 Å². The molecule has 0 heterocycles. The van der Waals surface area contributed by atoms with Crippen molar-refractivity contribution in [1.82, 2.24) is 0 Å². The Hall–Kier alpha value is -1.03. The lowest BCUT2D eigenvalue weighted by Crippen LogP contribution is -1.89. The second-order valence-electron chi connectivity index (χ2n) is 3.53. The minimum absolute atomic E-state index is 0.883. The smallest absolute Gasteiger partial charge is 0.141 e. The molecule has 0 atom stereocenters. The Balaban J connectivity index is 2.27. The van der Waals surface area contributed by atoms with Gasteiger partial charge >= 0.3 is 0 Å². The summed E-state index contributed by atoms with van der Waals surface area (Å²) in [6, 6.07) is 16.2. The maximum Gasteiger partial charge on any atom is 0.141 e. The van der Waals surface area contributed by atoms with Crippen molar-refractivity contribution >= 4 is 22.6 Å². The molecule has 0 saturated heterocycles. The van der Waals surface area contributed by atoms with E-state index in [4.69, 9.17) is 4.74 Å². The molecule has 82 valence electrons. The predicted molar refractivity (Wildman–Crippen MR) is 75.1 cm³/mol.